The summed E-state index contributed by atoms with van der Waals surface area (Å²) in [4.78, 5) is 2.37. The zero-order valence-electron chi connectivity index (χ0n) is 27.3. The van der Waals surface area contributed by atoms with E-state index in [0.717, 1.165) is 55.5 Å². The third-order valence-electron chi connectivity index (χ3n) is 10.0. The van der Waals surface area contributed by atoms with Crippen LogP contribution in [0.3, 0.4) is 0 Å². The van der Waals surface area contributed by atoms with Gasteiger partial charge in [0.2, 0.25) is 0 Å². The highest BCUT2D eigenvalue weighted by Gasteiger charge is 2.21. The molecule has 50 heavy (non-hydrogen) atoms. The Morgan fingerprint density at radius 2 is 1.00 bits per heavy atom. The SMILES string of the molecule is c1ccc(N(c2ccc(-c3cc4ccccc4c4ccccc34)cc2)c2ccccc2-c2cccc3oc4c5ccccc5ccc4c23)cc1. The molecule has 234 valence electrons. The molecule has 2 nitrogen and oxygen atoms in total. The molecule has 0 saturated heterocycles. The van der Waals surface area contributed by atoms with Gasteiger partial charge in [-0.25, -0.2) is 0 Å². The van der Waals surface area contributed by atoms with Crippen LogP contribution >= 0.6 is 0 Å². The van der Waals surface area contributed by atoms with Gasteiger partial charge >= 0.3 is 0 Å². The molecule has 1 heterocycles. The Balaban J connectivity index is 1.15. The number of furan rings is 1. The Morgan fingerprint density at radius 1 is 0.360 bits per heavy atom. The number of benzene rings is 9. The first-order valence-electron chi connectivity index (χ1n) is 17.1. The highest BCUT2D eigenvalue weighted by atomic mass is 16.3. The number of anilines is 3. The van der Waals surface area contributed by atoms with Crippen molar-refractivity contribution < 1.29 is 4.42 Å². The average molecular weight is 638 g/mol. The van der Waals surface area contributed by atoms with Crippen LogP contribution in [0.25, 0.3) is 76.5 Å². The quantitative estimate of drug-likeness (QED) is 0.175. The molecule has 0 aliphatic rings. The van der Waals surface area contributed by atoms with Crippen molar-refractivity contribution in [2.75, 3.05) is 4.90 Å². The Kier molecular flexibility index (Phi) is 6.53. The van der Waals surface area contributed by atoms with Gasteiger partial charge in [-0.15, -0.1) is 0 Å². The number of rotatable bonds is 5. The van der Waals surface area contributed by atoms with Crippen molar-refractivity contribution in [3.05, 3.63) is 188 Å². The molecular weight excluding hydrogens is 607 g/mol. The second-order valence-electron chi connectivity index (χ2n) is 12.9. The van der Waals surface area contributed by atoms with E-state index in [0.29, 0.717) is 0 Å². The lowest BCUT2D eigenvalue weighted by Gasteiger charge is -2.28. The number of nitrogens with zero attached hydrogens (tertiary/aromatic N) is 1. The molecule has 0 bridgehead atoms. The maximum atomic E-state index is 6.60. The Labute approximate surface area is 290 Å². The molecule has 0 saturated carbocycles. The van der Waals surface area contributed by atoms with E-state index in [2.05, 4.69) is 193 Å². The van der Waals surface area contributed by atoms with Crippen LogP contribution < -0.4 is 4.90 Å². The fraction of sp³-hybridized carbons (Fsp3) is 0. The molecule has 0 radical (unpaired) electrons. The van der Waals surface area contributed by atoms with E-state index >= 15 is 0 Å². The lowest BCUT2D eigenvalue weighted by atomic mass is 9.93. The second-order valence-corrected chi connectivity index (χ2v) is 12.9. The number of para-hydroxylation sites is 2. The van der Waals surface area contributed by atoms with E-state index in [9.17, 15) is 0 Å². The summed E-state index contributed by atoms with van der Waals surface area (Å²) in [6.07, 6.45) is 0. The molecule has 1 aromatic heterocycles. The molecule has 10 aromatic rings. The van der Waals surface area contributed by atoms with Gasteiger partial charge in [0.15, 0.2) is 0 Å². The maximum Gasteiger partial charge on any atom is 0.143 e. The number of hydrogen-bond donors (Lipinski definition) is 0. The van der Waals surface area contributed by atoms with Crippen LogP contribution in [0.2, 0.25) is 0 Å². The molecule has 0 aliphatic heterocycles. The van der Waals surface area contributed by atoms with Crippen molar-refractivity contribution in [3.8, 4) is 22.3 Å². The fourth-order valence-electron chi connectivity index (χ4n) is 7.76. The van der Waals surface area contributed by atoms with Crippen molar-refractivity contribution in [1.29, 1.82) is 0 Å². The van der Waals surface area contributed by atoms with Crippen LogP contribution in [0.5, 0.6) is 0 Å². The van der Waals surface area contributed by atoms with E-state index in [4.69, 9.17) is 4.42 Å². The van der Waals surface area contributed by atoms with Crippen LogP contribution in [-0.4, -0.2) is 0 Å². The minimum atomic E-state index is 0.891. The zero-order chi connectivity index (χ0) is 33.0. The zero-order valence-corrected chi connectivity index (χ0v) is 27.3. The summed E-state index contributed by atoms with van der Waals surface area (Å²) in [5.74, 6) is 0. The summed E-state index contributed by atoms with van der Waals surface area (Å²) in [7, 11) is 0. The summed E-state index contributed by atoms with van der Waals surface area (Å²) >= 11 is 0. The first kappa shape index (κ1) is 28.4. The molecule has 0 unspecified atom stereocenters. The van der Waals surface area contributed by atoms with Gasteiger partial charge in [-0.3, -0.25) is 0 Å². The van der Waals surface area contributed by atoms with Gasteiger partial charge in [0, 0.05) is 33.1 Å². The minimum Gasteiger partial charge on any atom is -0.455 e. The average Bonchev–Trinajstić information content (AvgIpc) is 3.58. The lowest BCUT2D eigenvalue weighted by molar-refractivity contribution is 0.673. The van der Waals surface area contributed by atoms with E-state index in [-0.39, 0.29) is 0 Å². The van der Waals surface area contributed by atoms with E-state index in [1.807, 2.05) is 0 Å². The first-order valence-corrected chi connectivity index (χ1v) is 17.1. The van der Waals surface area contributed by atoms with Crippen LogP contribution in [0.4, 0.5) is 17.1 Å². The van der Waals surface area contributed by atoms with Gasteiger partial charge in [0.05, 0.1) is 5.69 Å². The standard InChI is InChI=1S/C48H31NO/c1-2-15-35(16-3-1)49(36-28-25-33(26-29-36)44-31-34-14-5-6-17-37(34)39-19-8-9-20-40(39)44)45-23-11-10-21-41(45)42-22-12-24-46-47(42)43-30-27-32-13-4-7-18-38(32)48(43)50-46/h1-31H. The maximum absolute atomic E-state index is 6.60. The fourth-order valence-corrected chi connectivity index (χ4v) is 7.76. The molecule has 9 aromatic carbocycles. The molecule has 0 fully saturated rings. The first-order chi connectivity index (χ1) is 24.8. The molecule has 0 amide bonds. The summed E-state index contributed by atoms with van der Waals surface area (Å²) in [6.45, 7) is 0. The van der Waals surface area contributed by atoms with Crippen molar-refractivity contribution in [2.45, 2.75) is 0 Å². The van der Waals surface area contributed by atoms with Crippen molar-refractivity contribution >= 4 is 71.3 Å². The largest absolute Gasteiger partial charge is 0.455 e. The van der Waals surface area contributed by atoms with E-state index in [1.54, 1.807) is 0 Å². The topological polar surface area (TPSA) is 16.4 Å². The normalized spacial score (nSPS) is 11.6. The minimum absolute atomic E-state index is 0.891. The molecule has 2 heteroatoms. The molecule has 0 aliphatic carbocycles. The lowest BCUT2D eigenvalue weighted by Crippen LogP contribution is -2.11. The summed E-state index contributed by atoms with van der Waals surface area (Å²) < 4.78 is 6.60. The van der Waals surface area contributed by atoms with Crippen LogP contribution in [0, 0.1) is 0 Å². The third-order valence-corrected chi connectivity index (χ3v) is 10.0. The van der Waals surface area contributed by atoms with Crippen molar-refractivity contribution in [2.24, 2.45) is 0 Å². The van der Waals surface area contributed by atoms with Gasteiger partial charge in [-0.2, -0.15) is 0 Å². The molecular formula is C48H31NO. The predicted octanol–water partition coefficient (Wildman–Crippen LogP) is 13.8. The molecule has 0 N–H and O–H groups in total. The summed E-state index contributed by atoms with van der Waals surface area (Å²) in [5.41, 5.74) is 9.83. The highest BCUT2D eigenvalue weighted by Crippen LogP contribution is 2.46. The smallest absolute Gasteiger partial charge is 0.143 e. The summed E-state index contributed by atoms with van der Waals surface area (Å²) in [6, 6.07) is 67.4. The van der Waals surface area contributed by atoms with E-state index < -0.39 is 0 Å². The van der Waals surface area contributed by atoms with Crippen molar-refractivity contribution in [3.63, 3.8) is 0 Å². The monoisotopic (exact) mass is 637 g/mol. The molecule has 10 rings (SSSR count). The Morgan fingerprint density at radius 3 is 1.84 bits per heavy atom. The van der Waals surface area contributed by atoms with Gasteiger partial charge in [0.25, 0.3) is 0 Å². The van der Waals surface area contributed by atoms with E-state index in [1.165, 1.54) is 38.1 Å². The second kappa shape index (κ2) is 11.5. The summed E-state index contributed by atoms with van der Waals surface area (Å²) in [5, 5.41) is 9.63. The number of fused-ring (bicyclic) bond motifs is 8. The van der Waals surface area contributed by atoms with Crippen LogP contribution in [-0.2, 0) is 0 Å². The third kappa shape index (κ3) is 4.50. The molecule has 0 atom stereocenters. The molecule has 0 spiro atoms. The van der Waals surface area contributed by atoms with Gasteiger partial charge in [0.1, 0.15) is 11.2 Å². The van der Waals surface area contributed by atoms with Gasteiger partial charge < -0.3 is 9.32 Å². The van der Waals surface area contributed by atoms with Gasteiger partial charge in [-0.05, 0) is 92.2 Å². The van der Waals surface area contributed by atoms with Gasteiger partial charge in [-0.1, -0.05) is 140 Å². The van der Waals surface area contributed by atoms with Crippen LogP contribution in [0.15, 0.2) is 192 Å². The highest BCUT2D eigenvalue weighted by molar-refractivity contribution is 6.20. The van der Waals surface area contributed by atoms with Crippen molar-refractivity contribution in [1.82, 2.24) is 0 Å². The Hall–Kier alpha value is -6.64. The number of hydrogen-bond acceptors (Lipinski definition) is 2. The van der Waals surface area contributed by atoms with Crippen LogP contribution in [0.1, 0.15) is 0 Å². The Bertz CT molecular complexity index is 2870. The predicted molar refractivity (Wildman–Crippen MR) is 212 cm³/mol.